The summed E-state index contributed by atoms with van der Waals surface area (Å²) in [6.07, 6.45) is 2.88. The van der Waals surface area contributed by atoms with Crippen molar-refractivity contribution in [2.45, 2.75) is 32.2 Å². The minimum Gasteiger partial charge on any atom is -0.494 e. The van der Waals surface area contributed by atoms with Gasteiger partial charge in [-0.05, 0) is 38.3 Å². The van der Waals surface area contributed by atoms with Crippen molar-refractivity contribution in [2.75, 3.05) is 25.5 Å². The molecule has 110 valence electrons. The number of likely N-dealkylation sites (tertiary alicyclic amines) is 1. The molecule has 0 aliphatic carbocycles. The van der Waals surface area contributed by atoms with E-state index in [1.54, 1.807) is 23.1 Å². The first kappa shape index (κ1) is 14.7. The van der Waals surface area contributed by atoms with Crippen LogP contribution in [0.5, 0.6) is 5.75 Å². The number of anilines is 1. The SMILES string of the molecule is CCOc1cc(N)cc(C(=O)N2CCCCC2CO)c1. The molecule has 1 saturated heterocycles. The van der Waals surface area contributed by atoms with Crippen LogP contribution in [-0.4, -0.2) is 41.7 Å². The topological polar surface area (TPSA) is 75.8 Å². The van der Waals surface area contributed by atoms with E-state index in [0.717, 1.165) is 19.3 Å². The smallest absolute Gasteiger partial charge is 0.254 e. The van der Waals surface area contributed by atoms with Crippen LogP contribution in [-0.2, 0) is 0 Å². The Labute approximate surface area is 119 Å². The van der Waals surface area contributed by atoms with Gasteiger partial charge in [-0.15, -0.1) is 0 Å². The van der Waals surface area contributed by atoms with E-state index in [9.17, 15) is 9.90 Å². The predicted octanol–water partition coefficient (Wildman–Crippen LogP) is 1.65. The van der Waals surface area contributed by atoms with Gasteiger partial charge in [0.1, 0.15) is 5.75 Å². The zero-order valence-corrected chi connectivity index (χ0v) is 11.8. The zero-order valence-electron chi connectivity index (χ0n) is 11.8. The van der Waals surface area contributed by atoms with Gasteiger partial charge in [-0.2, -0.15) is 0 Å². The summed E-state index contributed by atoms with van der Waals surface area (Å²) in [6.45, 7) is 3.10. The molecule has 0 radical (unpaired) electrons. The highest BCUT2D eigenvalue weighted by Gasteiger charge is 2.27. The molecule has 1 aliphatic heterocycles. The fourth-order valence-corrected chi connectivity index (χ4v) is 2.62. The number of carbonyl (C=O) groups excluding carboxylic acids is 1. The molecule has 1 atom stereocenters. The zero-order chi connectivity index (χ0) is 14.5. The van der Waals surface area contributed by atoms with Gasteiger partial charge in [-0.3, -0.25) is 4.79 Å². The monoisotopic (exact) mass is 278 g/mol. The van der Waals surface area contributed by atoms with Crippen LogP contribution in [0.15, 0.2) is 18.2 Å². The number of aliphatic hydroxyl groups is 1. The van der Waals surface area contributed by atoms with Crippen molar-refractivity contribution in [3.8, 4) is 5.75 Å². The molecule has 0 bridgehead atoms. The number of ether oxygens (including phenoxy) is 1. The molecule has 3 N–H and O–H groups in total. The lowest BCUT2D eigenvalue weighted by molar-refractivity contribution is 0.0502. The van der Waals surface area contributed by atoms with Gasteiger partial charge in [0.2, 0.25) is 0 Å². The average Bonchev–Trinajstić information content (AvgIpc) is 2.46. The van der Waals surface area contributed by atoms with Crippen molar-refractivity contribution in [1.29, 1.82) is 0 Å². The van der Waals surface area contributed by atoms with E-state index in [1.165, 1.54) is 0 Å². The summed E-state index contributed by atoms with van der Waals surface area (Å²) in [4.78, 5) is 14.3. The second-order valence-electron chi connectivity index (χ2n) is 5.05. The Morgan fingerprint density at radius 2 is 2.25 bits per heavy atom. The number of amides is 1. The van der Waals surface area contributed by atoms with Gasteiger partial charge < -0.3 is 20.5 Å². The molecule has 1 unspecified atom stereocenters. The molecule has 1 amide bonds. The lowest BCUT2D eigenvalue weighted by Crippen LogP contribution is -2.45. The quantitative estimate of drug-likeness (QED) is 0.821. The highest BCUT2D eigenvalue weighted by atomic mass is 16.5. The second kappa shape index (κ2) is 6.61. The Bertz CT molecular complexity index is 476. The standard InChI is InChI=1S/C15H22N2O3/c1-2-20-14-8-11(7-12(16)9-14)15(19)17-6-4-3-5-13(17)10-18/h7-9,13,18H,2-6,10,16H2,1H3. The Balaban J connectivity index is 2.23. The maximum absolute atomic E-state index is 12.6. The van der Waals surface area contributed by atoms with Gasteiger partial charge in [0.15, 0.2) is 0 Å². The fraction of sp³-hybridized carbons (Fsp3) is 0.533. The number of hydrogen-bond acceptors (Lipinski definition) is 4. The maximum Gasteiger partial charge on any atom is 0.254 e. The summed E-state index contributed by atoms with van der Waals surface area (Å²) in [5.41, 5.74) is 6.86. The molecule has 1 aromatic rings. The number of nitrogens with two attached hydrogens (primary N) is 1. The Morgan fingerprint density at radius 1 is 1.45 bits per heavy atom. The third kappa shape index (κ3) is 3.22. The van der Waals surface area contributed by atoms with Crippen LogP contribution in [0.4, 0.5) is 5.69 Å². The highest BCUT2D eigenvalue weighted by molar-refractivity contribution is 5.95. The summed E-state index contributed by atoms with van der Waals surface area (Å²) in [5.74, 6) is 0.519. The fourth-order valence-electron chi connectivity index (χ4n) is 2.62. The van der Waals surface area contributed by atoms with Crippen LogP contribution in [0.3, 0.4) is 0 Å². The number of rotatable bonds is 4. The molecule has 1 heterocycles. The van der Waals surface area contributed by atoms with Crippen LogP contribution in [0, 0.1) is 0 Å². The van der Waals surface area contributed by atoms with Crippen molar-refractivity contribution in [3.63, 3.8) is 0 Å². The van der Waals surface area contributed by atoms with Gasteiger partial charge in [0, 0.05) is 23.9 Å². The molecule has 2 rings (SSSR count). The largest absolute Gasteiger partial charge is 0.494 e. The molecule has 5 heteroatoms. The Kier molecular flexibility index (Phi) is 4.84. The highest BCUT2D eigenvalue weighted by Crippen LogP contribution is 2.24. The molecule has 0 spiro atoms. The van der Waals surface area contributed by atoms with Crippen LogP contribution >= 0.6 is 0 Å². The van der Waals surface area contributed by atoms with E-state index in [4.69, 9.17) is 10.5 Å². The van der Waals surface area contributed by atoms with Crippen LogP contribution < -0.4 is 10.5 Å². The summed E-state index contributed by atoms with van der Waals surface area (Å²) < 4.78 is 5.42. The van der Waals surface area contributed by atoms with Crippen molar-refractivity contribution >= 4 is 11.6 Å². The van der Waals surface area contributed by atoms with Gasteiger partial charge in [-0.1, -0.05) is 0 Å². The van der Waals surface area contributed by atoms with Gasteiger partial charge in [0.25, 0.3) is 5.91 Å². The van der Waals surface area contributed by atoms with E-state index in [2.05, 4.69) is 0 Å². The molecule has 1 aliphatic rings. The number of carbonyl (C=O) groups is 1. The lowest BCUT2D eigenvalue weighted by atomic mass is 10.0. The molecule has 0 saturated carbocycles. The van der Waals surface area contributed by atoms with Gasteiger partial charge in [-0.25, -0.2) is 0 Å². The molecular formula is C15H22N2O3. The Morgan fingerprint density at radius 3 is 2.95 bits per heavy atom. The van der Waals surface area contributed by atoms with Crippen molar-refractivity contribution in [1.82, 2.24) is 4.90 Å². The molecule has 1 fully saturated rings. The second-order valence-corrected chi connectivity index (χ2v) is 5.05. The summed E-state index contributed by atoms with van der Waals surface area (Å²) in [5, 5.41) is 9.41. The van der Waals surface area contributed by atoms with Gasteiger partial charge in [0.05, 0.1) is 19.3 Å². The summed E-state index contributed by atoms with van der Waals surface area (Å²) >= 11 is 0. The molecule has 1 aromatic carbocycles. The number of nitrogen functional groups attached to an aromatic ring is 1. The number of nitrogens with zero attached hydrogens (tertiary/aromatic N) is 1. The first-order chi connectivity index (χ1) is 9.65. The van der Waals surface area contributed by atoms with E-state index >= 15 is 0 Å². The third-order valence-corrected chi connectivity index (χ3v) is 3.59. The van der Waals surface area contributed by atoms with E-state index in [0.29, 0.717) is 30.2 Å². The minimum atomic E-state index is -0.0896. The number of aliphatic hydroxyl groups excluding tert-OH is 1. The predicted molar refractivity (Wildman–Crippen MR) is 77.8 cm³/mol. The third-order valence-electron chi connectivity index (χ3n) is 3.59. The van der Waals surface area contributed by atoms with Crippen LogP contribution in [0.2, 0.25) is 0 Å². The molecular weight excluding hydrogens is 256 g/mol. The average molecular weight is 278 g/mol. The number of benzene rings is 1. The lowest BCUT2D eigenvalue weighted by Gasteiger charge is -2.34. The number of piperidine rings is 1. The first-order valence-electron chi connectivity index (χ1n) is 7.11. The molecule has 0 aromatic heterocycles. The number of hydrogen-bond donors (Lipinski definition) is 2. The summed E-state index contributed by atoms with van der Waals surface area (Å²) in [7, 11) is 0. The Hall–Kier alpha value is -1.75. The van der Waals surface area contributed by atoms with Crippen LogP contribution in [0.1, 0.15) is 36.5 Å². The summed E-state index contributed by atoms with van der Waals surface area (Å²) in [6, 6.07) is 4.99. The minimum absolute atomic E-state index is 0.00632. The maximum atomic E-state index is 12.6. The van der Waals surface area contributed by atoms with E-state index < -0.39 is 0 Å². The van der Waals surface area contributed by atoms with Gasteiger partial charge >= 0.3 is 0 Å². The van der Waals surface area contributed by atoms with Crippen LogP contribution in [0.25, 0.3) is 0 Å². The first-order valence-corrected chi connectivity index (χ1v) is 7.11. The van der Waals surface area contributed by atoms with E-state index in [1.807, 2.05) is 6.92 Å². The molecule has 5 nitrogen and oxygen atoms in total. The van der Waals surface area contributed by atoms with Crippen molar-refractivity contribution in [2.24, 2.45) is 0 Å². The van der Waals surface area contributed by atoms with Crippen molar-refractivity contribution < 1.29 is 14.6 Å². The normalized spacial score (nSPS) is 18.9. The van der Waals surface area contributed by atoms with Crippen molar-refractivity contribution in [3.05, 3.63) is 23.8 Å². The molecule has 20 heavy (non-hydrogen) atoms. The van der Waals surface area contributed by atoms with E-state index in [-0.39, 0.29) is 18.6 Å².